The van der Waals surface area contributed by atoms with Gasteiger partial charge in [0.2, 0.25) is 6.10 Å². The van der Waals surface area contributed by atoms with Crippen molar-refractivity contribution in [1.82, 2.24) is 4.98 Å². The largest absolute Gasteiger partial charge is 0.460 e. The van der Waals surface area contributed by atoms with Crippen molar-refractivity contribution in [3.8, 4) is 0 Å². The number of rotatable bonds is 5. The normalized spacial score (nSPS) is 14.1. The van der Waals surface area contributed by atoms with Crippen molar-refractivity contribution in [1.29, 1.82) is 0 Å². The van der Waals surface area contributed by atoms with Gasteiger partial charge in [0.1, 0.15) is 0 Å². The van der Waals surface area contributed by atoms with E-state index >= 15 is 0 Å². The Labute approximate surface area is 125 Å². The summed E-state index contributed by atoms with van der Waals surface area (Å²) in [5.74, 6) is -1.03. The molecule has 0 aliphatic carbocycles. The van der Waals surface area contributed by atoms with Crippen LogP contribution in [-0.2, 0) is 19.1 Å². The van der Waals surface area contributed by atoms with Crippen molar-refractivity contribution in [2.75, 3.05) is 0 Å². The third kappa shape index (κ3) is 5.17. The highest BCUT2D eigenvalue weighted by atomic mass is 16.6. The molecule has 0 saturated heterocycles. The maximum absolute atomic E-state index is 12.2. The van der Waals surface area contributed by atoms with Gasteiger partial charge in [-0.25, -0.2) is 4.79 Å². The summed E-state index contributed by atoms with van der Waals surface area (Å²) in [4.78, 5) is 28.3. The van der Waals surface area contributed by atoms with Crippen molar-refractivity contribution in [2.24, 2.45) is 5.41 Å². The van der Waals surface area contributed by atoms with Gasteiger partial charge in [-0.3, -0.25) is 9.78 Å². The number of ether oxygens (including phenoxy) is 2. The first kappa shape index (κ1) is 17.1. The average Bonchev–Trinajstić information content (AvgIpc) is 2.43. The smallest absolute Gasteiger partial charge is 0.352 e. The lowest BCUT2D eigenvalue weighted by Crippen LogP contribution is -2.30. The van der Waals surface area contributed by atoms with E-state index in [1.165, 1.54) is 6.20 Å². The van der Waals surface area contributed by atoms with E-state index in [0.29, 0.717) is 12.0 Å². The number of hydrogen-bond acceptors (Lipinski definition) is 5. The molecule has 21 heavy (non-hydrogen) atoms. The quantitative estimate of drug-likeness (QED) is 0.781. The highest BCUT2D eigenvalue weighted by Crippen LogP contribution is 2.25. The van der Waals surface area contributed by atoms with E-state index in [0.717, 1.165) is 0 Å². The van der Waals surface area contributed by atoms with Gasteiger partial charge < -0.3 is 9.47 Å². The van der Waals surface area contributed by atoms with E-state index in [2.05, 4.69) is 4.98 Å². The van der Waals surface area contributed by atoms with Gasteiger partial charge in [0.05, 0.1) is 11.5 Å². The second-order valence-electron chi connectivity index (χ2n) is 5.98. The Kier molecular flexibility index (Phi) is 5.88. The minimum atomic E-state index is -1.08. The lowest BCUT2D eigenvalue weighted by atomic mass is 9.97. The first-order valence-corrected chi connectivity index (χ1v) is 7.07. The fraction of sp³-hybridized carbons (Fsp3) is 0.562. The molecule has 2 unspecified atom stereocenters. The highest BCUT2D eigenvalue weighted by molar-refractivity contribution is 5.82. The van der Waals surface area contributed by atoms with E-state index in [4.69, 9.17) is 9.47 Å². The fourth-order valence-corrected chi connectivity index (χ4v) is 1.41. The number of carbonyl (C=O) groups is 2. The van der Waals surface area contributed by atoms with Crippen LogP contribution in [0.2, 0.25) is 0 Å². The molecular weight excluding hydrogens is 270 g/mol. The van der Waals surface area contributed by atoms with Crippen LogP contribution in [0.25, 0.3) is 0 Å². The third-order valence-electron chi connectivity index (χ3n) is 2.93. The molecule has 0 amide bonds. The Bertz CT molecular complexity index is 479. The number of nitrogens with zero attached hydrogens (tertiary/aromatic N) is 1. The predicted octanol–water partition coefficient (Wildman–Crippen LogP) is 3.05. The first-order chi connectivity index (χ1) is 9.75. The summed E-state index contributed by atoms with van der Waals surface area (Å²) >= 11 is 0. The number of carbonyl (C=O) groups excluding carboxylic acids is 2. The van der Waals surface area contributed by atoms with Crippen molar-refractivity contribution in [2.45, 2.75) is 53.2 Å². The van der Waals surface area contributed by atoms with Crippen molar-refractivity contribution in [3.05, 3.63) is 30.1 Å². The molecule has 0 aliphatic heterocycles. The second-order valence-corrected chi connectivity index (χ2v) is 5.98. The average molecular weight is 293 g/mol. The van der Waals surface area contributed by atoms with Gasteiger partial charge in [-0.2, -0.15) is 0 Å². The molecule has 1 aromatic heterocycles. The maximum atomic E-state index is 12.2. The Morgan fingerprint density at radius 2 is 1.95 bits per heavy atom. The predicted molar refractivity (Wildman–Crippen MR) is 78.4 cm³/mol. The zero-order valence-electron chi connectivity index (χ0n) is 13.3. The molecule has 5 nitrogen and oxygen atoms in total. The Balaban J connectivity index is 2.96. The molecule has 0 fully saturated rings. The van der Waals surface area contributed by atoms with Crippen LogP contribution in [0.1, 0.15) is 52.7 Å². The molecule has 0 saturated carbocycles. The summed E-state index contributed by atoms with van der Waals surface area (Å²) in [5.41, 5.74) is -0.194. The van der Waals surface area contributed by atoms with Gasteiger partial charge in [-0.15, -0.1) is 0 Å². The Morgan fingerprint density at radius 3 is 2.43 bits per heavy atom. The van der Waals surface area contributed by atoms with Gasteiger partial charge in [0.25, 0.3) is 0 Å². The van der Waals surface area contributed by atoms with E-state index in [9.17, 15) is 9.59 Å². The number of aromatic nitrogens is 1. The number of hydrogen-bond donors (Lipinski definition) is 0. The van der Waals surface area contributed by atoms with Gasteiger partial charge in [-0.05, 0) is 40.2 Å². The minimum Gasteiger partial charge on any atom is -0.460 e. The van der Waals surface area contributed by atoms with E-state index < -0.39 is 23.5 Å². The van der Waals surface area contributed by atoms with Crippen molar-refractivity contribution >= 4 is 11.9 Å². The zero-order chi connectivity index (χ0) is 16.0. The highest BCUT2D eigenvalue weighted by Gasteiger charge is 2.32. The van der Waals surface area contributed by atoms with Crippen LogP contribution in [-0.4, -0.2) is 23.0 Å². The second kappa shape index (κ2) is 7.20. The van der Waals surface area contributed by atoms with Crippen LogP contribution in [0.15, 0.2) is 24.5 Å². The number of pyridine rings is 1. The van der Waals surface area contributed by atoms with Crippen molar-refractivity contribution in [3.63, 3.8) is 0 Å². The van der Waals surface area contributed by atoms with E-state index in [1.54, 1.807) is 46.0 Å². The first-order valence-electron chi connectivity index (χ1n) is 7.07. The molecule has 5 heteroatoms. The lowest BCUT2D eigenvalue weighted by Gasteiger charge is -2.23. The molecule has 1 rings (SSSR count). The summed E-state index contributed by atoms with van der Waals surface area (Å²) in [5, 5.41) is 0. The summed E-state index contributed by atoms with van der Waals surface area (Å²) in [7, 11) is 0. The SMILES string of the molecule is CCC(C)OC(=O)C(OC(=O)C(C)(C)C)c1cccnc1. The topological polar surface area (TPSA) is 65.5 Å². The summed E-state index contributed by atoms with van der Waals surface area (Å²) in [6.45, 7) is 8.91. The molecule has 0 radical (unpaired) electrons. The molecule has 2 atom stereocenters. The summed E-state index contributed by atoms with van der Waals surface area (Å²) in [6, 6.07) is 3.37. The van der Waals surface area contributed by atoms with Crippen LogP contribution in [0, 0.1) is 5.41 Å². The Hall–Kier alpha value is -1.91. The van der Waals surface area contributed by atoms with Crippen LogP contribution < -0.4 is 0 Å². The molecular formula is C16H23NO4. The van der Waals surface area contributed by atoms with Gasteiger partial charge in [0.15, 0.2) is 0 Å². The molecule has 0 aliphatic rings. The van der Waals surface area contributed by atoms with Crippen molar-refractivity contribution < 1.29 is 19.1 Å². The molecule has 0 bridgehead atoms. The number of esters is 2. The van der Waals surface area contributed by atoms with E-state index in [1.807, 2.05) is 6.92 Å². The monoisotopic (exact) mass is 293 g/mol. The van der Waals surface area contributed by atoms with Crippen LogP contribution in [0.3, 0.4) is 0 Å². The lowest BCUT2D eigenvalue weighted by molar-refractivity contribution is -0.176. The zero-order valence-corrected chi connectivity index (χ0v) is 13.3. The van der Waals surface area contributed by atoms with Crippen LogP contribution in [0.5, 0.6) is 0 Å². The Morgan fingerprint density at radius 1 is 1.29 bits per heavy atom. The molecule has 0 aromatic carbocycles. The third-order valence-corrected chi connectivity index (χ3v) is 2.93. The molecule has 116 valence electrons. The minimum absolute atomic E-state index is 0.231. The van der Waals surface area contributed by atoms with Gasteiger partial charge >= 0.3 is 11.9 Å². The van der Waals surface area contributed by atoms with Crippen LogP contribution in [0.4, 0.5) is 0 Å². The molecule has 1 heterocycles. The molecule has 1 aromatic rings. The molecule has 0 N–H and O–H groups in total. The summed E-state index contributed by atoms with van der Waals surface area (Å²) in [6.07, 6.45) is 2.47. The van der Waals surface area contributed by atoms with Gasteiger partial charge in [0, 0.05) is 18.0 Å². The molecule has 0 spiro atoms. The van der Waals surface area contributed by atoms with Crippen LogP contribution >= 0.6 is 0 Å². The van der Waals surface area contributed by atoms with Gasteiger partial charge in [-0.1, -0.05) is 13.0 Å². The standard InChI is InChI=1S/C16H23NO4/c1-6-11(2)20-14(18)13(12-8-7-9-17-10-12)21-15(19)16(3,4)5/h7-11,13H,6H2,1-5H3. The maximum Gasteiger partial charge on any atom is 0.352 e. The fourth-order valence-electron chi connectivity index (χ4n) is 1.41. The van der Waals surface area contributed by atoms with E-state index in [-0.39, 0.29) is 6.10 Å². The summed E-state index contributed by atoms with van der Waals surface area (Å²) < 4.78 is 10.6.